The predicted octanol–water partition coefficient (Wildman–Crippen LogP) is 3.25. The number of hydrogen-bond donors (Lipinski definition) is 0. The summed E-state index contributed by atoms with van der Waals surface area (Å²) in [6, 6.07) is 7.77. The normalized spacial score (nSPS) is 16.9. The predicted molar refractivity (Wildman–Crippen MR) is 122 cm³/mol. The summed E-state index contributed by atoms with van der Waals surface area (Å²) >= 11 is 3.19. The molecule has 164 valence electrons. The van der Waals surface area contributed by atoms with Gasteiger partial charge in [-0.3, -0.25) is 9.48 Å². The molecule has 11 heteroatoms. The summed E-state index contributed by atoms with van der Waals surface area (Å²) in [7, 11) is -0.697. The fraction of sp³-hybridized carbons (Fsp3) is 0.350. The van der Waals surface area contributed by atoms with Crippen molar-refractivity contribution in [2.24, 2.45) is 5.10 Å². The van der Waals surface area contributed by atoms with Crippen LogP contribution in [0.1, 0.15) is 33.6 Å². The Morgan fingerprint density at radius 3 is 2.52 bits per heavy atom. The molecule has 4 rings (SSSR count). The lowest BCUT2D eigenvalue weighted by Gasteiger charge is -2.21. The first kappa shape index (κ1) is 21.9. The first-order valence-corrected chi connectivity index (χ1v) is 12.8. The fourth-order valence-corrected chi connectivity index (χ4v) is 6.42. The Bertz CT molecular complexity index is 1230. The highest BCUT2D eigenvalue weighted by Gasteiger charge is 2.35. The van der Waals surface area contributed by atoms with Gasteiger partial charge in [0.2, 0.25) is 10.0 Å². The molecule has 0 bridgehead atoms. The molecule has 0 N–H and O–H groups in total. The van der Waals surface area contributed by atoms with E-state index in [2.05, 4.69) is 10.2 Å². The van der Waals surface area contributed by atoms with Crippen LogP contribution in [-0.4, -0.2) is 53.2 Å². The molecule has 4 heterocycles. The highest BCUT2D eigenvalue weighted by molar-refractivity contribution is 7.89. The summed E-state index contributed by atoms with van der Waals surface area (Å²) in [6.07, 6.45) is 0.643. The van der Waals surface area contributed by atoms with E-state index in [9.17, 15) is 13.2 Å². The minimum absolute atomic E-state index is 0.0846. The van der Waals surface area contributed by atoms with Crippen LogP contribution < -0.4 is 0 Å². The van der Waals surface area contributed by atoms with Crippen LogP contribution in [0.3, 0.4) is 0 Å². The van der Waals surface area contributed by atoms with Crippen molar-refractivity contribution in [3.8, 4) is 0 Å². The summed E-state index contributed by atoms with van der Waals surface area (Å²) in [4.78, 5) is 15.5. The maximum absolute atomic E-state index is 13.3. The van der Waals surface area contributed by atoms with Gasteiger partial charge in [-0.25, -0.2) is 17.7 Å². The molecule has 0 aliphatic carbocycles. The van der Waals surface area contributed by atoms with E-state index in [1.54, 1.807) is 36.5 Å². The summed E-state index contributed by atoms with van der Waals surface area (Å²) in [6.45, 7) is 3.23. The molecule has 0 radical (unpaired) electrons. The Kier molecular flexibility index (Phi) is 5.86. The Hall–Kier alpha value is -2.34. The minimum Gasteiger partial charge on any atom is -0.271 e. The maximum Gasteiger partial charge on any atom is 0.265 e. The van der Waals surface area contributed by atoms with Gasteiger partial charge in [-0.2, -0.15) is 10.2 Å². The Balaban J connectivity index is 1.65. The molecule has 1 aliphatic heterocycles. The van der Waals surface area contributed by atoms with Gasteiger partial charge < -0.3 is 0 Å². The van der Waals surface area contributed by atoms with Crippen LogP contribution in [0.5, 0.6) is 0 Å². The number of carbonyl (C=O) groups is 1. The van der Waals surface area contributed by atoms with Gasteiger partial charge in [0, 0.05) is 25.4 Å². The molecule has 31 heavy (non-hydrogen) atoms. The van der Waals surface area contributed by atoms with Gasteiger partial charge in [0.05, 0.1) is 28.0 Å². The van der Waals surface area contributed by atoms with Crippen molar-refractivity contribution in [2.45, 2.75) is 37.8 Å². The smallest absolute Gasteiger partial charge is 0.265 e. The van der Waals surface area contributed by atoms with E-state index < -0.39 is 10.0 Å². The standard InChI is InChI=1S/C20H23N5O3S3/c1-13-20(31(27,28)23(3)4)14(2)24(21-13)12-19(26)25-16(18-8-6-10-30-18)11-15(22-25)17-7-5-9-29-17/h5-10,16H,11-12H2,1-4H3/t16-/m1/s1. The van der Waals surface area contributed by atoms with Gasteiger partial charge in [0.1, 0.15) is 11.4 Å². The third-order valence-corrected chi connectivity index (χ3v) is 9.14. The van der Waals surface area contributed by atoms with E-state index in [1.165, 1.54) is 23.8 Å². The van der Waals surface area contributed by atoms with Crippen LogP contribution in [0.15, 0.2) is 45.0 Å². The highest BCUT2D eigenvalue weighted by atomic mass is 32.2. The Morgan fingerprint density at radius 2 is 1.90 bits per heavy atom. The third-order valence-electron chi connectivity index (χ3n) is 5.18. The molecule has 1 atom stereocenters. The average molecular weight is 478 g/mol. The first-order chi connectivity index (χ1) is 14.7. The summed E-state index contributed by atoms with van der Waals surface area (Å²) in [5.41, 5.74) is 1.69. The maximum atomic E-state index is 13.3. The van der Waals surface area contributed by atoms with E-state index >= 15 is 0 Å². The van der Waals surface area contributed by atoms with Crippen molar-refractivity contribution in [2.75, 3.05) is 14.1 Å². The zero-order chi connectivity index (χ0) is 22.3. The number of aryl methyl sites for hydroxylation is 1. The zero-order valence-electron chi connectivity index (χ0n) is 17.6. The van der Waals surface area contributed by atoms with Crippen molar-refractivity contribution in [1.82, 2.24) is 19.1 Å². The number of thiophene rings is 2. The number of aromatic nitrogens is 2. The van der Waals surface area contributed by atoms with Crippen molar-refractivity contribution in [3.63, 3.8) is 0 Å². The largest absolute Gasteiger partial charge is 0.271 e. The van der Waals surface area contributed by atoms with Crippen LogP contribution in [0.4, 0.5) is 0 Å². The monoisotopic (exact) mass is 477 g/mol. The van der Waals surface area contributed by atoms with Crippen molar-refractivity contribution >= 4 is 44.3 Å². The number of nitrogens with zero attached hydrogens (tertiary/aromatic N) is 5. The molecule has 0 aromatic carbocycles. The first-order valence-electron chi connectivity index (χ1n) is 9.63. The second-order valence-corrected chi connectivity index (χ2v) is 11.5. The van der Waals surface area contributed by atoms with E-state index in [4.69, 9.17) is 0 Å². The quantitative estimate of drug-likeness (QED) is 0.545. The Labute approximate surface area is 189 Å². The topological polar surface area (TPSA) is 87.9 Å². The molecule has 8 nitrogen and oxygen atoms in total. The van der Waals surface area contributed by atoms with Crippen LogP contribution in [-0.2, 0) is 21.4 Å². The molecule has 0 saturated heterocycles. The lowest BCUT2D eigenvalue weighted by atomic mass is 10.1. The number of hydrogen-bond acceptors (Lipinski definition) is 7. The highest BCUT2D eigenvalue weighted by Crippen LogP contribution is 2.36. The average Bonchev–Trinajstić information content (AvgIpc) is 3.49. The Morgan fingerprint density at radius 1 is 1.19 bits per heavy atom. The number of sulfonamides is 1. The number of rotatable bonds is 6. The second kappa shape index (κ2) is 8.30. The number of hydrazone groups is 1. The second-order valence-electron chi connectivity index (χ2n) is 7.44. The van der Waals surface area contributed by atoms with E-state index in [1.807, 2.05) is 35.0 Å². The van der Waals surface area contributed by atoms with E-state index in [0.717, 1.165) is 19.8 Å². The molecule has 3 aromatic heterocycles. The number of amides is 1. The van der Waals surface area contributed by atoms with Crippen molar-refractivity contribution in [1.29, 1.82) is 0 Å². The lowest BCUT2D eigenvalue weighted by Crippen LogP contribution is -2.30. The van der Waals surface area contributed by atoms with Gasteiger partial charge >= 0.3 is 0 Å². The fourth-order valence-electron chi connectivity index (χ4n) is 3.63. The van der Waals surface area contributed by atoms with Crippen LogP contribution >= 0.6 is 22.7 Å². The van der Waals surface area contributed by atoms with E-state index in [0.29, 0.717) is 17.8 Å². The van der Waals surface area contributed by atoms with Gasteiger partial charge in [0.15, 0.2) is 0 Å². The van der Waals surface area contributed by atoms with Crippen LogP contribution in [0.25, 0.3) is 0 Å². The zero-order valence-corrected chi connectivity index (χ0v) is 20.1. The van der Waals surface area contributed by atoms with Gasteiger partial charge in [-0.15, -0.1) is 22.7 Å². The lowest BCUT2D eigenvalue weighted by molar-refractivity contribution is -0.133. The molecule has 0 unspecified atom stereocenters. The molecule has 1 aliphatic rings. The molecule has 0 saturated carbocycles. The van der Waals surface area contributed by atoms with Crippen LogP contribution in [0, 0.1) is 13.8 Å². The van der Waals surface area contributed by atoms with Crippen LogP contribution in [0.2, 0.25) is 0 Å². The molecular weight excluding hydrogens is 454 g/mol. The third kappa shape index (κ3) is 3.98. The van der Waals surface area contributed by atoms with Gasteiger partial charge in [0.25, 0.3) is 5.91 Å². The minimum atomic E-state index is -3.66. The van der Waals surface area contributed by atoms with Crippen molar-refractivity contribution in [3.05, 3.63) is 56.2 Å². The van der Waals surface area contributed by atoms with E-state index in [-0.39, 0.29) is 23.4 Å². The molecular formula is C20H23N5O3S3. The molecule has 3 aromatic rings. The number of carbonyl (C=O) groups excluding carboxylic acids is 1. The van der Waals surface area contributed by atoms with Crippen molar-refractivity contribution < 1.29 is 13.2 Å². The SMILES string of the molecule is Cc1nn(CC(=O)N2N=C(c3cccs3)C[C@@H]2c2cccs2)c(C)c1S(=O)(=O)N(C)C. The summed E-state index contributed by atoms with van der Waals surface area (Å²) in [5, 5.41) is 14.5. The van der Waals surface area contributed by atoms with Gasteiger partial charge in [-0.1, -0.05) is 12.1 Å². The van der Waals surface area contributed by atoms with Gasteiger partial charge in [-0.05, 0) is 36.7 Å². The molecule has 0 spiro atoms. The molecule has 0 fully saturated rings. The summed E-state index contributed by atoms with van der Waals surface area (Å²) < 4.78 is 27.9. The molecule has 1 amide bonds. The summed E-state index contributed by atoms with van der Waals surface area (Å²) in [5.74, 6) is -0.232.